The highest BCUT2D eigenvalue weighted by Gasteiger charge is 2.47. The molecule has 3 aromatic rings. The molecule has 0 aliphatic carbocycles. The van der Waals surface area contributed by atoms with Gasteiger partial charge in [-0.2, -0.15) is 0 Å². The van der Waals surface area contributed by atoms with Crippen LogP contribution in [0.1, 0.15) is 35.2 Å². The number of halogens is 1. The number of nitrogens with zero attached hydrogens (tertiary/aromatic N) is 1. The van der Waals surface area contributed by atoms with Gasteiger partial charge in [0.25, 0.3) is 11.7 Å². The number of benzene rings is 3. The largest absolute Gasteiger partial charge is 0.507 e. The van der Waals surface area contributed by atoms with Crippen molar-refractivity contribution in [3.8, 4) is 11.5 Å². The molecule has 0 aromatic heterocycles. The number of anilines is 1. The van der Waals surface area contributed by atoms with E-state index in [0.29, 0.717) is 11.3 Å². The molecule has 0 saturated carbocycles. The maximum atomic E-state index is 14.1. The summed E-state index contributed by atoms with van der Waals surface area (Å²) in [5.41, 5.74) is 2.27. The number of aliphatic hydroxyl groups excluding tert-OH is 1. The standard InChI is InChI=1S/C28H24FNO6/c1-15-10-16(2)12-20(11-15)30-25(18-6-5-7-21(13-18)36-17(3)31)24(27(33)28(30)34)26(32)22-14-19(29)8-9-23(22)35-4/h5-14,25,32H,1-4H3/b26-24+. The minimum Gasteiger partial charge on any atom is -0.507 e. The molecule has 4 rings (SSSR count). The lowest BCUT2D eigenvalue weighted by molar-refractivity contribution is -0.132. The number of ketones is 1. The van der Waals surface area contributed by atoms with Crippen molar-refractivity contribution in [1.82, 2.24) is 0 Å². The number of esters is 1. The fourth-order valence-electron chi connectivity index (χ4n) is 4.43. The summed E-state index contributed by atoms with van der Waals surface area (Å²) in [4.78, 5) is 39.6. The minimum absolute atomic E-state index is 0.0722. The van der Waals surface area contributed by atoms with Gasteiger partial charge >= 0.3 is 5.97 Å². The number of aliphatic hydroxyl groups is 1. The summed E-state index contributed by atoms with van der Waals surface area (Å²) < 4.78 is 24.6. The monoisotopic (exact) mass is 489 g/mol. The average molecular weight is 489 g/mol. The van der Waals surface area contributed by atoms with Crippen molar-refractivity contribution in [2.45, 2.75) is 26.8 Å². The molecule has 8 heteroatoms. The lowest BCUT2D eigenvalue weighted by Gasteiger charge is -2.26. The number of aryl methyl sites for hydroxylation is 2. The molecule has 1 amide bonds. The summed E-state index contributed by atoms with van der Waals surface area (Å²) in [5.74, 6) is -3.26. The van der Waals surface area contributed by atoms with Crippen molar-refractivity contribution in [2.24, 2.45) is 0 Å². The van der Waals surface area contributed by atoms with Crippen molar-refractivity contribution >= 4 is 29.1 Å². The van der Waals surface area contributed by atoms with Crippen molar-refractivity contribution in [3.63, 3.8) is 0 Å². The third kappa shape index (κ3) is 4.57. The Hall–Kier alpha value is -4.46. The quantitative estimate of drug-likeness (QED) is 0.178. The van der Waals surface area contributed by atoms with Crippen LogP contribution in [0.15, 0.2) is 66.2 Å². The van der Waals surface area contributed by atoms with Gasteiger partial charge in [-0.25, -0.2) is 4.39 Å². The van der Waals surface area contributed by atoms with Gasteiger partial charge in [0.05, 0.1) is 24.3 Å². The molecule has 0 bridgehead atoms. The van der Waals surface area contributed by atoms with E-state index >= 15 is 0 Å². The number of ether oxygens (including phenoxy) is 2. The Morgan fingerprint density at radius 1 is 1.00 bits per heavy atom. The normalized spacial score (nSPS) is 16.8. The number of rotatable bonds is 5. The number of carbonyl (C=O) groups is 3. The van der Waals surface area contributed by atoms with Gasteiger partial charge in [-0.3, -0.25) is 19.3 Å². The number of Topliss-reactive ketones (excluding diaryl/α,β-unsaturated/α-hetero) is 1. The molecular formula is C28H24FNO6. The SMILES string of the molecule is COc1ccc(F)cc1/C(O)=C1\C(=O)C(=O)N(c2cc(C)cc(C)c2)C1c1cccc(OC(C)=O)c1. The van der Waals surface area contributed by atoms with Crippen LogP contribution < -0.4 is 14.4 Å². The summed E-state index contributed by atoms with van der Waals surface area (Å²) >= 11 is 0. The van der Waals surface area contributed by atoms with Crippen LogP contribution >= 0.6 is 0 Å². The molecule has 1 saturated heterocycles. The van der Waals surface area contributed by atoms with Crippen LogP contribution in [0.25, 0.3) is 5.76 Å². The van der Waals surface area contributed by atoms with Gasteiger partial charge in [0.1, 0.15) is 23.1 Å². The van der Waals surface area contributed by atoms with Crippen LogP contribution in [0, 0.1) is 19.7 Å². The van der Waals surface area contributed by atoms with Gasteiger partial charge < -0.3 is 14.6 Å². The summed E-state index contributed by atoms with van der Waals surface area (Å²) in [7, 11) is 1.35. The fourth-order valence-corrected chi connectivity index (χ4v) is 4.43. The van der Waals surface area contributed by atoms with Crippen LogP contribution in [-0.4, -0.2) is 29.9 Å². The Morgan fingerprint density at radius 2 is 1.69 bits per heavy atom. The Labute approximate surface area is 207 Å². The van der Waals surface area contributed by atoms with Crippen LogP contribution in [0.4, 0.5) is 10.1 Å². The molecule has 36 heavy (non-hydrogen) atoms. The molecule has 1 fully saturated rings. The molecule has 0 radical (unpaired) electrons. The van der Waals surface area contributed by atoms with E-state index in [4.69, 9.17) is 9.47 Å². The maximum absolute atomic E-state index is 14.1. The van der Waals surface area contributed by atoms with E-state index in [-0.39, 0.29) is 22.6 Å². The Balaban J connectivity index is 2.01. The summed E-state index contributed by atoms with van der Waals surface area (Å²) in [6.45, 7) is 4.98. The molecule has 3 aromatic carbocycles. The third-order valence-corrected chi connectivity index (χ3v) is 5.78. The molecule has 1 N–H and O–H groups in total. The summed E-state index contributed by atoms with van der Waals surface area (Å²) in [6, 6.07) is 14.2. The molecule has 1 aliphatic rings. The van der Waals surface area contributed by atoms with Gasteiger partial charge in [0, 0.05) is 12.6 Å². The van der Waals surface area contributed by atoms with E-state index in [9.17, 15) is 23.9 Å². The van der Waals surface area contributed by atoms with Crippen LogP contribution in [0.3, 0.4) is 0 Å². The first kappa shape index (κ1) is 24.7. The van der Waals surface area contributed by atoms with E-state index in [1.54, 1.807) is 30.3 Å². The van der Waals surface area contributed by atoms with E-state index in [0.717, 1.165) is 23.3 Å². The Bertz CT molecular complexity index is 1410. The predicted octanol–water partition coefficient (Wildman–Crippen LogP) is 5.00. The van der Waals surface area contributed by atoms with Gasteiger partial charge in [-0.15, -0.1) is 0 Å². The molecule has 1 atom stereocenters. The van der Waals surface area contributed by atoms with Crippen molar-refractivity contribution in [3.05, 3.63) is 94.3 Å². The van der Waals surface area contributed by atoms with E-state index in [1.165, 1.54) is 31.1 Å². The molecule has 7 nitrogen and oxygen atoms in total. The van der Waals surface area contributed by atoms with E-state index in [1.807, 2.05) is 19.9 Å². The second-order valence-electron chi connectivity index (χ2n) is 8.53. The van der Waals surface area contributed by atoms with Crippen molar-refractivity contribution < 1.29 is 33.4 Å². The van der Waals surface area contributed by atoms with Crippen LogP contribution in [-0.2, 0) is 14.4 Å². The molecule has 184 valence electrons. The molecular weight excluding hydrogens is 465 g/mol. The Kier molecular flexibility index (Phi) is 6.61. The highest BCUT2D eigenvalue weighted by atomic mass is 19.1. The minimum atomic E-state index is -1.09. The number of hydrogen-bond donors (Lipinski definition) is 1. The van der Waals surface area contributed by atoms with E-state index in [2.05, 4.69) is 0 Å². The van der Waals surface area contributed by atoms with Gasteiger partial charge in [0.2, 0.25) is 0 Å². The second-order valence-corrected chi connectivity index (χ2v) is 8.53. The van der Waals surface area contributed by atoms with E-state index < -0.39 is 35.3 Å². The lowest BCUT2D eigenvalue weighted by Crippen LogP contribution is -2.29. The Morgan fingerprint density at radius 3 is 2.33 bits per heavy atom. The van der Waals surface area contributed by atoms with Gasteiger partial charge in [-0.1, -0.05) is 18.2 Å². The molecule has 0 spiro atoms. The van der Waals surface area contributed by atoms with Gasteiger partial charge in [-0.05, 0) is 73.0 Å². The topological polar surface area (TPSA) is 93.1 Å². The van der Waals surface area contributed by atoms with Gasteiger partial charge in [0.15, 0.2) is 0 Å². The van der Waals surface area contributed by atoms with Crippen LogP contribution in [0.5, 0.6) is 11.5 Å². The smallest absolute Gasteiger partial charge is 0.308 e. The molecule has 1 aliphatic heterocycles. The van der Waals surface area contributed by atoms with Crippen molar-refractivity contribution in [1.29, 1.82) is 0 Å². The number of carbonyl (C=O) groups excluding carboxylic acids is 3. The van der Waals surface area contributed by atoms with Crippen molar-refractivity contribution in [2.75, 3.05) is 12.0 Å². The average Bonchev–Trinajstić information content (AvgIpc) is 3.08. The molecule has 1 heterocycles. The number of methoxy groups -OCH3 is 1. The number of amides is 1. The zero-order valence-electron chi connectivity index (χ0n) is 20.2. The first-order chi connectivity index (χ1) is 17.1. The number of hydrogen-bond acceptors (Lipinski definition) is 6. The third-order valence-electron chi connectivity index (χ3n) is 5.78. The lowest BCUT2D eigenvalue weighted by atomic mass is 9.94. The highest BCUT2D eigenvalue weighted by Crippen LogP contribution is 2.44. The van der Waals surface area contributed by atoms with Crippen LogP contribution in [0.2, 0.25) is 0 Å². The highest BCUT2D eigenvalue weighted by molar-refractivity contribution is 6.51. The fraction of sp³-hybridized carbons (Fsp3) is 0.179. The maximum Gasteiger partial charge on any atom is 0.308 e. The summed E-state index contributed by atoms with van der Waals surface area (Å²) in [6.07, 6.45) is 0. The predicted molar refractivity (Wildman–Crippen MR) is 131 cm³/mol. The zero-order chi connectivity index (χ0) is 26.1. The second kappa shape index (κ2) is 9.65. The first-order valence-electron chi connectivity index (χ1n) is 11.1. The first-order valence-corrected chi connectivity index (χ1v) is 11.1. The summed E-state index contributed by atoms with van der Waals surface area (Å²) in [5, 5.41) is 11.3. The molecule has 1 unspecified atom stereocenters. The zero-order valence-corrected chi connectivity index (χ0v) is 20.2.